The molecule has 0 radical (unpaired) electrons. The fourth-order valence-electron chi connectivity index (χ4n) is 1.54. The Morgan fingerprint density at radius 3 is 2.44 bits per heavy atom. The van der Waals surface area contributed by atoms with Crippen LogP contribution < -0.4 is 0 Å². The fourth-order valence-corrected chi connectivity index (χ4v) is 1.83. The first-order valence-electron chi connectivity index (χ1n) is 5.57. The second-order valence-electron chi connectivity index (χ2n) is 4.51. The molecule has 1 aromatic rings. The summed E-state index contributed by atoms with van der Waals surface area (Å²) in [7, 11) is 0. The smallest absolute Gasteiger partial charge is 0.129 e. The zero-order valence-corrected chi connectivity index (χ0v) is 10.4. The topological polar surface area (TPSA) is 0 Å². The molecule has 1 rings (SSSR count). The van der Waals surface area contributed by atoms with Gasteiger partial charge in [-0.15, -0.1) is 11.6 Å². The number of rotatable bonds is 5. The third-order valence-corrected chi connectivity index (χ3v) is 2.89. The predicted octanol–water partition coefficient (Wildman–Crippen LogP) is 4.55. The van der Waals surface area contributed by atoms with Crippen molar-refractivity contribution >= 4 is 11.6 Å². The molecule has 0 bridgehead atoms. The van der Waals surface area contributed by atoms with Crippen molar-refractivity contribution in [3.8, 4) is 0 Å². The predicted molar refractivity (Wildman–Crippen MR) is 63.8 cm³/mol. The van der Waals surface area contributed by atoms with Crippen LogP contribution >= 0.6 is 11.6 Å². The molecule has 0 aliphatic heterocycles. The SMILES string of the molecule is CC(C)CCC(Cl)Cc1ccc(F)cc1F. The summed E-state index contributed by atoms with van der Waals surface area (Å²) < 4.78 is 26.0. The Hall–Kier alpha value is -0.630. The van der Waals surface area contributed by atoms with E-state index in [2.05, 4.69) is 13.8 Å². The molecule has 3 heteroatoms. The van der Waals surface area contributed by atoms with Gasteiger partial charge in [-0.3, -0.25) is 0 Å². The summed E-state index contributed by atoms with van der Waals surface area (Å²) in [6.45, 7) is 4.25. The van der Waals surface area contributed by atoms with Crippen LogP contribution in [-0.2, 0) is 6.42 Å². The molecular weight excluding hydrogens is 230 g/mol. The largest absolute Gasteiger partial charge is 0.207 e. The lowest BCUT2D eigenvalue weighted by atomic mass is 10.0. The fraction of sp³-hybridized carbons (Fsp3) is 0.538. The van der Waals surface area contributed by atoms with Crippen LogP contribution in [0.3, 0.4) is 0 Å². The summed E-state index contributed by atoms with van der Waals surface area (Å²) in [5.41, 5.74) is 0.491. The molecule has 16 heavy (non-hydrogen) atoms. The molecule has 0 aliphatic carbocycles. The standard InChI is InChI=1S/C13H17ClF2/c1-9(2)3-5-11(14)7-10-4-6-12(15)8-13(10)16/h4,6,8-9,11H,3,5,7H2,1-2H3. The van der Waals surface area contributed by atoms with Crippen LogP contribution in [0.15, 0.2) is 18.2 Å². The third kappa shape index (κ3) is 4.48. The van der Waals surface area contributed by atoms with Crippen molar-refractivity contribution in [2.24, 2.45) is 5.92 Å². The van der Waals surface area contributed by atoms with E-state index in [4.69, 9.17) is 11.6 Å². The molecule has 90 valence electrons. The van der Waals surface area contributed by atoms with Crippen LogP contribution in [0.5, 0.6) is 0 Å². The summed E-state index contributed by atoms with van der Waals surface area (Å²) in [5, 5.41) is -0.0811. The van der Waals surface area contributed by atoms with E-state index in [1.165, 1.54) is 12.1 Å². The minimum absolute atomic E-state index is 0.0811. The molecule has 1 unspecified atom stereocenters. The molecule has 0 fully saturated rings. The van der Waals surface area contributed by atoms with Gasteiger partial charge in [0.15, 0.2) is 0 Å². The highest BCUT2D eigenvalue weighted by Crippen LogP contribution is 2.18. The van der Waals surface area contributed by atoms with E-state index in [0.29, 0.717) is 17.9 Å². The van der Waals surface area contributed by atoms with Crippen molar-refractivity contribution in [1.29, 1.82) is 0 Å². The maximum absolute atomic E-state index is 13.3. The first-order chi connectivity index (χ1) is 7.49. The van der Waals surface area contributed by atoms with Gasteiger partial charge in [0.1, 0.15) is 11.6 Å². The maximum Gasteiger partial charge on any atom is 0.129 e. The normalized spacial score (nSPS) is 13.1. The van der Waals surface area contributed by atoms with Crippen molar-refractivity contribution in [1.82, 2.24) is 0 Å². The van der Waals surface area contributed by atoms with E-state index >= 15 is 0 Å². The van der Waals surface area contributed by atoms with Crippen LogP contribution in [-0.4, -0.2) is 5.38 Å². The van der Waals surface area contributed by atoms with Gasteiger partial charge in [-0.2, -0.15) is 0 Å². The average molecular weight is 247 g/mol. The Balaban J connectivity index is 2.52. The highest BCUT2D eigenvalue weighted by molar-refractivity contribution is 6.20. The van der Waals surface area contributed by atoms with Crippen molar-refractivity contribution < 1.29 is 8.78 Å². The van der Waals surface area contributed by atoms with Gasteiger partial charge < -0.3 is 0 Å². The summed E-state index contributed by atoms with van der Waals surface area (Å²) in [6, 6.07) is 3.64. The summed E-state index contributed by atoms with van der Waals surface area (Å²) in [6.07, 6.45) is 2.34. The van der Waals surface area contributed by atoms with Gasteiger partial charge in [-0.1, -0.05) is 19.9 Å². The maximum atomic E-state index is 13.3. The first kappa shape index (κ1) is 13.4. The molecule has 0 aromatic heterocycles. The molecule has 0 saturated carbocycles. The van der Waals surface area contributed by atoms with Crippen molar-refractivity contribution in [2.45, 2.75) is 38.5 Å². The Bertz CT molecular complexity index is 337. The lowest BCUT2D eigenvalue weighted by molar-refractivity contribution is 0.531. The minimum Gasteiger partial charge on any atom is -0.207 e. The van der Waals surface area contributed by atoms with Crippen molar-refractivity contribution in [2.75, 3.05) is 0 Å². The van der Waals surface area contributed by atoms with Crippen molar-refractivity contribution in [3.63, 3.8) is 0 Å². The highest BCUT2D eigenvalue weighted by Gasteiger charge is 2.11. The van der Waals surface area contributed by atoms with Gasteiger partial charge in [0.25, 0.3) is 0 Å². The number of halogens is 3. The Morgan fingerprint density at radius 2 is 1.88 bits per heavy atom. The zero-order chi connectivity index (χ0) is 12.1. The summed E-state index contributed by atoms with van der Waals surface area (Å²) in [4.78, 5) is 0. The molecule has 1 atom stereocenters. The Morgan fingerprint density at radius 1 is 1.19 bits per heavy atom. The van der Waals surface area contributed by atoms with Crippen LogP contribution in [0.25, 0.3) is 0 Å². The lowest BCUT2D eigenvalue weighted by Gasteiger charge is -2.11. The van der Waals surface area contributed by atoms with Gasteiger partial charge in [0.05, 0.1) is 0 Å². The molecule has 0 spiro atoms. The molecule has 0 heterocycles. The minimum atomic E-state index is -0.547. The Kier molecular flexibility index (Phi) is 5.20. The summed E-state index contributed by atoms with van der Waals surface area (Å²) in [5.74, 6) is -0.455. The van der Waals surface area contributed by atoms with Gasteiger partial charge in [0.2, 0.25) is 0 Å². The molecule has 1 aromatic carbocycles. The lowest BCUT2D eigenvalue weighted by Crippen LogP contribution is -2.06. The van der Waals surface area contributed by atoms with E-state index in [-0.39, 0.29) is 5.38 Å². The Labute approximate surface area is 101 Å². The molecule has 0 N–H and O–H groups in total. The number of hydrogen-bond acceptors (Lipinski definition) is 0. The number of benzene rings is 1. The van der Waals surface area contributed by atoms with Gasteiger partial charge >= 0.3 is 0 Å². The molecule has 0 amide bonds. The molecule has 0 aliphatic rings. The zero-order valence-electron chi connectivity index (χ0n) is 9.64. The molecule has 0 nitrogen and oxygen atoms in total. The first-order valence-corrected chi connectivity index (χ1v) is 6.00. The third-order valence-electron chi connectivity index (χ3n) is 2.51. The number of hydrogen-bond donors (Lipinski definition) is 0. The van der Waals surface area contributed by atoms with Crippen molar-refractivity contribution in [3.05, 3.63) is 35.4 Å². The van der Waals surface area contributed by atoms with E-state index in [9.17, 15) is 8.78 Å². The van der Waals surface area contributed by atoms with E-state index < -0.39 is 11.6 Å². The van der Waals surface area contributed by atoms with E-state index in [1.807, 2.05) is 0 Å². The second-order valence-corrected chi connectivity index (χ2v) is 5.13. The molecular formula is C13H17ClF2. The van der Waals surface area contributed by atoms with E-state index in [1.54, 1.807) is 0 Å². The van der Waals surface area contributed by atoms with Crippen LogP contribution in [0.1, 0.15) is 32.3 Å². The summed E-state index contributed by atoms with van der Waals surface area (Å²) >= 11 is 6.11. The van der Waals surface area contributed by atoms with Crippen LogP contribution in [0.4, 0.5) is 8.78 Å². The second kappa shape index (κ2) is 6.19. The monoisotopic (exact) mass is 246 g/mol. The molecule has 0 saturated heterocycles. The highest BCUT2D eigenvalue weighted by atomic mass is 35.5. The van der Waals surface area contributed by atoms with Gasteiger partial charge in [-0.25, -0.2) is 8.78 Å². The van der Waals surface area contributed by atoms with E-state index in [0.717, 1.165) is 18.9 Å². The van der Waals surface area contributed by atoms with Gasteiger partial charge in [-0.05, 0) is 36.8 Å². The number of alkyl halides is 1. The quantitative estimate of drug-likeness (QED) is 0.669. The van der Waals surface area contributed by atoms with Gasteiger partial charge in [0, 0.05) is 11.4 Å². The average Bonchev–Trinajstić information content (AvgIpc) is 2.19. The van der Waals surface area contributed by atoms with Crippen LogP contribution in [0, 0.1) is 17.6 Å². The van der Waals surface area contributed by atoms with Crippen LogP contribution in [0.2, 0.25) is 0 Å².